The van der Waals surface area contributed by atoms with E-state index >= 15 is 0 Å². The fraction of sp³-hybridized carbons (Fsp3) is 0.375. The Hall–Kier alpha value is -1.09. The number of aliphatic hydroxyl groups is 1. The number of nitrogens with zero attached hydrogens (tertiary/aromatic N) is 1. The second-order valence-electron chi connectivity index (χ2n) is 2.68. The predicted molar refractivity (Wildman–Crippen MR) is 39.3 cm³/mol. The molecule has 0 radical (unpaired) electrons. The maximum atomic E-state index is 9.50. The van der Waals surface area contributed by atoms with Crippen molar-refractivity contribution in [1.82, 2.24) is 4.98 Å². The number of pyridine rings is 1. The van der Waals surface area contributed by atoms with Crippen molar-refractivity contribution < 1.29 is 9.84 Å². The van der Waals surface area contributed by atoms with E-state index in [4.69, 9.17) is 4.74 Å². The monoisotopic (exact) mass is 151 g/mol. The predicted octanol–water partition coefficient (Wildman–Crippen LogP) is 0.896. The lowest BCUT2D eigenvalue weighted by atomic mass is 10.1. The highest BCUT2D eigenvalue weighted by atomic mass is 16.5. The van der Waals surface area contributed by atoms with E-state index in [-0.39, 0.29) is 6.10 Å². The number of hydrogen-bond donors (Lipinski definition) is 1. The van der Waals surface area contributed by atoms with Gasteiger partial charge in [0.25, 0.3) is 0 Å². The maximum Gasteiger partial charge on any atom is 0.144 e. The Morgan fingerprint density at radius 1 is 1.64 bits per heavy atom. The third-order valence-electron chi connectivity index (χ3n) is 1.89. The average Bonchev–Trinajstić information content (AvgIpc) is 2.30. The summed E-state index contributed by atoms with van der Waals surface area (Å²) in [6.45, 7) is 1.84. The Labute approximate surface area is 64.6 Å². The highest BCUT2D eigenvalue weighted by molar-refractivity contribution is 5.36. The zero-order chi connectivity index (χ0) is 7.84. The zero-order valence-corrected chi connectivity index (χ0v) is 6.19. The molecule has 1 aromatic heterocycles. The smallest absolute Gasteiger partial charge is 0.144 e. The number of aliphatic hydroxyl groups excluding tert-OH is 1. The second-order valence-corrected chi connectivity index (χ2v) is 2.68. The number of hydrogen-bond acceptors (Lipinski definition) is 3. The van der Waals surface area contributed by atoms with Gasteiger partial charge in [-0.15, -0.1) is 0 Å². The minimum atomic E-state index is -0.493. The third-order valence-corrected chi connectivity index (χ3v) is 1.89. The van der Waals surface area contributed by atoms with Crippen molar-refractivity contribution in [2.24, 2.45) is 0 Å². The van der Waals surface area contributed by atoms with Crippen LogP contribution in [0.2, 0.25) is 0 Å². The van der Waals surface area contributed by atoms with Crippen LogP contribution in [0, 0.1) is 0 Å². The molecule has 1 aliphatic heterocycles. The minimum Gasteiger partial charge on any atom is -0.486 e. The maximum absolute atomic E-state index is 9.50. The van der Waals surface area contributed by atoms with Gasteiger partial charge in [-0.05, 0) is 13.0 Å². The van der Waals surface area contributed by atoms with Crippen LogP contribution in [0.4, 0.5) is 0 Å². The van der Waals surface area contributed by atoms with Crippen LogP contribution in [0.5, 0.6) is 5.75 Å². The molecule has 1 aliphatic rings. The topological polar surface area (TPSA) is 42.4 Å². The molecule has 0 aliphatic carbocycles. The Kier molecular flexibility index (Phi) is 1.32. The molecular weight excluding hydrogens is 142 g/mol. The van der Waals surface area contributed by atoms with E-state index in [2.05, 4.69) is 4.98 Å². The van der Waals surface area contributed by atoms with Gasteiger partial charge in [0, 0.05) is 11.8 Å². The van der Waals surface area contributed by atoms with E-state index in [0.29, 0.717) is 5.75 Å². The van der Waals surface area contributed by atoms with Crippen molar-refractivity contribution in [3.8, 4) is 5.75 Å². The second kappa shape index (κ2) is 2.20. The Morgan fingerprint density at radius 3 is 3.18 bits per heavy atom. The van der Waals surface area contributed by atoms with Crippen LogP contribution in [0.25, 0.3) is 0 Å². The van der Waals surface area contributed by atoms with Crippen molar-refractivity contribution in [2.45, 2.75) is 19.1 Å². The molecule has 2 heterocycles. The molecule has 0 spiro atoms. The van der Waals surface area contributed by atoms with Crippen molar-refractivity contribution in [2.75, 3.05) is 0 Å². The Bertz CT molecular complexity index is 275. The van der Waals surface area contributed by atoms with E-state index in [1.807, 2.05) is 6.92 Å². The highest BCUT2D eigenvalue weighted by Crippen LogP contribution is 2.34. The summed E-state index contributed by atoms with van der Waals surface area (Å²) in [5, 5.41) is 9.50. The molecule has 3 nitrogen and oxygen atoms in total. The van der Waals surface area contributed by atoms with Crippen LogP contribution >= 0.6 is 0 Å². The molecule has 1 N–H and O–H groups in total. The summed E-state index contributed by atoms with van der Waals surface area (Å²) in [6, 6.07) is 1.78. The van der Waals surface area contributed by atoms with Crippen LogP contribution in [-0.2, 0) is 0 Å². The van der Waals surface area contributed by atoms with Crippen molar-refractivity contribution in [1.29, 1.82) is 0 Å². The first-order chi connectivity index (χ1) is 5.29. The van der Waals surface area contributed by atoms with E-state index in [1.165, 1.54) is 0 Å². The summed E-state index contributed by atoms with van der Waals surface area (Å²) in [7, 11) is 0. The number of aromatic nitrogens is 1. The fourth-order valence-corrected chi connectivity index (χ4v) is 1.25. The molecule has 1 aromatic rings. The Balaban J connectivity index is 2.47. The Morgan fingerprint density at radius 2 is 2.45 bits per heavy atom. The van der Waals surface area contributed by atoms with Gasteiger partial charge >= 0.3 is 0 Å². The van der Waals surface area contributed by atoms with Crippen LogP contribution < -0.4 is 4.74 Å². The average molecular weight is 151 g/mol. The lowest BCUT2D eigenvalue weighted by Gasteiger charge is -2.05. The van der Waals surface area contributed by atoms with Crippen LogP contribution in [0.3, 0.4) is 0 Å². The summed E-state index contributed by atoms with van der Waals surface area (Å²) in [6.07, 6.45) is 2.65. The van der Waals surface area contributed by atoms with Gasteiger partial charge in [0.15, 0.2) is 0 Å². The van der Waals surface area contributed by atoms with Crippen molar-refractivity contribution >= 4 is 0 Å². The van der Waals surface area contributed by atoms with Gasteiger partial charge in [0.05, 0.1) is 6.20 Å². The molecule has 0 saturated heterocycles. The minimum absolute atomic E-state index is 0.144. The van der Waals surface area contributed by atoms with Gasteiger partial charge in [-0.2, -0.15) is 0 Å². The number of ether oxygens (including phenoxy) is 1. The van der Waals surface area contributed by atoms with Crippen LogP contribution in [-0.4, -0.2) is 16.2 Å². The van der Waals surface area contributed by atoms with E-state index in [0.717, 1.165) is 5.56 Å². The molecular formula is C8H9NO2. The lowest BCUT2D eigenvalue weighted by molar-refractivity contribution is 0.0795. The summed E-state index contributed by atoms with van der Waals surface area (Å²) in [5.41, 5.74) is 0.840. The SMILES string of the molecule is CC1Oc2cnccc2C1O. The van der Waals surface area contributed by atoms with E-state index in [9.17, 15) is 5.11 Å². The molecule has 0 aromatic carbocycles. The highest BCUT2D eigenvalue weighted by Gasteiger charge is 2.28. The molecule has 2 atom stereocenters. The summed E-state index contributed by atoms with van der Waals surface area (Å²) in [4.78, 5) is 3.89. The summed E-state index contributed by atoms with van der Waals surface area (Å²) in [5.74, 6) is 0.701. The first-order valence-corrected chi connectivity index (χ1v) is 3.57. The van der Waals surface area contributed by atoms with E-state index in [1.54, 1.807) is 18.5 Å². The molecule has 0 saturated carbocycles. The van der Waals surface area contributed by atoms with E-state index < -0.39 is 6.10 Å². The largest absolute Gasteiger partial charge is 0.486 e. The fourth-order valence-electron chi connectivity index (χ4n) is 1.25. The molecule has 0 amide bonds. The van der Waals surface area contributed by atoms with Crippen molar-refractivity contribution in [3.63, 3.8) is 0 Å². The molecule has 3 heteroatoms. The van der Waals surface area contributed by atoms with Gasteiger partial charge in [-0.1, -0.05) is 0 Å². The lowest BCUT2D eigenvalue weighted by Crippen LogP contribution is -2.12. The van der Waals surface area contributed by atoms with Gasteiger partial charge in [-0.3, -0.25) is 4.98 Å². The van der Waals surface area contributed by atoms with Gasteiger partial charge in [0.2, 0.25) is 0 Å². The van der Waals surface area contributed by atoms with Gasteiger partial charge in [0.1, 0.15) is 18.0 Å². The first-order valence-electron chi connectivity index (χ1n) is 3.57. The van der Waals surface area contributed by atoms with Gasteiger partial charge < -0.3 is 9.84 Å². The quantitative estimate of drug-likeness (QED) is 0.599. The number of fused-ring (bicyclic) bond motifs is 1. The normalized spacial score (nSPS) is 27.8. The molecule has 0 bridgehead atoms. The van der Waals surface area contributed by atoms with Crippen LogP contribution in [0.15, 0.2) is 18.5 Å². The zero-order valence-electron chi connectivity index (χ0n) is 6.19. The van der Waals surface area contributed by atoms with Crippen LogP contribution in [0.1, 0.15) is 18.6 Å². The first kappa shape index (κ1) is 6.61. The summed E-state index contributed by atoms with van der Waals surface area (Å²) < 4.78 is 5.31. The van der Waals surface area contributed by atoms with Gasteiger partial charge in [-0.25, -0.2) is 0 Å². The molecule has 2 rings (SSSR count). The molecule has 2 unspecified atom stereocenters. The number of rotatable bonds is 0. The molecule has 0 fully saturated rings. The summed E-state index contributed by atoms with van der Waals surface area (Å²) >= 11 is 0. The molecule has 58 valence electrons. The van der Waals surface area contributed by atoms with Crippen molar-refractivity contribution in [3.05, 3.63) is 24.0 Å². The standard InChI is InChI=1S/C8H9NO2/c1-5-8(10)6-2-3-9-4-7(6)11-5/h2-5,8,10H,1H3. The molecule has 11 heavy (non-hydrogen) atoms. The third kappa shape index (κ3) is 0.886.